The summed E-state index contributed by atoms with van der Waals surface area (Å²) in [4.78, 5) is 25.9. The minimum atomic E-state index is -0.152. The van der Waals surface area contributed by atoms with Crippen LogP contribution >= 0.6 is 0 Å². The van der Waals surface area contributed by atoms with Crippen molar-refractivity contribution < 1.29 is 14.3 Å². The lowest BCUT2D eigenvalue weighted by atomic mass is 10.1. The van der Waals surface area contributed by atoms with Crippen LogP contribution in [-0.4, -0.2) is 43.5 Å². The van der Waals surface area contributed by atoms with Gasteiger partial charge in [-0.15, -0.1) is 0 Å². The third-order valence-electron chi connectivity index (χ3n) is 4.12. The Morgan fingerprint density at radius 3 is 2.58 bits per heavy atom. The molecule has 0 aliphatic carbocycles. The number of rotatable bonds is 8. The summed E-state index contributed by atoms with van der Waals surface area (Å²) in [5.41, 5.74) is 2.69. The number of ether oxygens (including phenoxy) is 1. The molecule has 0 radical (unpaired) electrons. The topological polar surface area (TPSA) is 58.6 Å². The first-order valence-electron chi connectivity index (χ1n) is 8.74. The normalized spacial score (nSPS) is 10.3. The second-order valence-electron chi connectivity index (χ2n) is 6.30. The van der Waals surface area contributed by atoms with Gasteiger partial charge in [0.1, 0.15) is 12.4 Å². The van der Waals surface area contributed by atoms with Crippen molar-refractivity contribution in [1.29, 1.82) is 0 Å². The Labute approximate surface area is 155 Å². The van der Waals surface area contributed by atoms with Gasteiger partial charge in [0.2, 0.25) is 5.91 Å². The molecule has 2 amide bonds. The number of likely N-dealkylation sites (N-methyl/N-ethyl adjacent to an activating group) is 1. The van der Waals surface area contributed by atoms with E-state index in [9.17, 15) is 9.59 Å². The molecule has 0 saturated carbocycles. The van der Waals surface area contributed by atoms with Crippen LogP contribution in [0, 0.1) is 13.8 Å². The summed E-state index contributed by atoms with van der Waals surface area (Å²) >= 11 is 0. The van der Waals surface area contributed by atoms with E-state index in [0.29, 0.717) is 25.3 Å². The number of aryl methyl sites for hydroxylation is 2. The maximum atomic E-state index is 12.1. The largest absolute Gasteiger partial charge is 0.492 e. The Kier molecular flexibility index (Phi) is 7.21. The van der Waals surface area contributed by atoms with Crippen molar-refractivity contribution in [2.24, 2.45) is 0 Å². The third kappa shape index (κ3) is 5.92. The van der Waals surface area contributed by atoms with Gasteiger partial charge in [0, 0.05) is 25.6 Å². The lowest BCUT2D eigenvalue weighted by molar-refractivity contribution is -0.130. The number of hydrogen-bond donors (Lipinski definition) is 1. The molecule has 0 saturated heterocycles. The maximum absolute atomic E-state index is 12.1. The van der Waals surface area contributed by atoms with Crippen LogP contribution in [0.5, 0.6) is 5.75 Å². The first-order chi connectivity index (χ1) is 12.5. The van der Waals surface area contributed by atoms with E-state index >= 15 is 0 Å². The SMILES string of the molecule is Cc1cccc(OCCN(C)C(=O)CCNC(=O)c2ccccc2C)c1. The van der Waals surface area contributed by atoms with Crippen LogP contribution in [0.3, 0.4) is 0 Å². The van der Waals surface area contributed by atoms with Crippen LogP contribution in [-0.2, 0) is 4.79 Å². The fourth-order valence-electron chi connectivity index (χ4n) is 2.53. The van der Waals surface area contributed by atoms with Crippen LogP contribution < -0.4 is 10.1 Å². The number of carbonyl (C=O) groups excluding carboxylic acids is 2. The number of carbonyl (C=O) groups is 2. The van der Waals surface area contributed by atoms with Gasteiger partial charge in [0.15, 0.2) is 0 Å². The zero-order valence-electron chi connectivity index (χ0n) is 15.6. The predicted octanol–water partition coefficient (Wildman–Crippen LogP) is 2.96. The summed E-state index contributed by atoms with van der Waals surface area (Å²) in [7, 11) is 1.74. The number of hydrogen-bond acceptors (Lipinski definition) is 3. The molecular weight excluding hydrogens is 328 g/mol. The van der Waals surface area contributed by atoms with Gasteiger partial charge in [-0.3, -0.25) is 9.59 Å². The highest BCUT2D eigenvalue weighted by Gasteiger charge is 2.11. The average molecular weight is 354 g/mol. The fourth-order valence-corrected chi connectivity index (χ4v) is 2.53. The van der Waals surface area contributed by atoms with Crippen molar-refractivity contribution in [2.75, 3.05) is 26.7 Å². The molecule has 0 atom stereocenters. The van der Waals surface area contributed by atoms with Gasteiger partial charge >= 0.3 is 0 Å². The van der Waals surface area contributed by atoms with E-state index < -0.39 is 0 Å². The maximum Gasteiger partial charge on any atom is 0.251 e. The molecule has 138 valence electrons. The Hall–Kier alpha value is -2.82. The summed E-state index contributed by atoms with van der Waals surface area (Å²) in [6.07, 6.45) is 0.262. The molecule has 0 bridgehead atoms. The Balaban J connectivity index is 1.68. The van der Waals surface area contributed by atoms with Gasteiger partial charge in [0.25, 0.3) is 5.91 Å². The molecule has 0 unspecified atom stereocenters. The summed E-state index contributed by atoms with van der Waals surface area (Å²) < 4.78 is 5.66. The van der Waals surface area contributed by atoms with Crippen molar-refractivity contribution in [1.82, 2.24) is 10.2 Å². The molecular formula is C21H26N2O3. The molecule has 26 heavy (non-hydrogen) atoms. The molecule has 2 aromatic rings. The Bertz CT molecular complexity index is 758. The second-order valence-corrected chi connectivity index (χ2v) is 6.30. The molecule has 0 aliphatic rings. The summed E-state index contributed by atoms with van der Waals surface area (Å²) in [6, 6.07) is 15.2. The number of amides is 2. The molecule has 5 nitrogen and oxygen atoms in total. The van der Waals surface area contributed by atoms with Crippen molar-refractivity contribution in [3.8, 4) is 5.75 Å². The molecule has 0 spiro atoms. The minimum Gasteiger partial charge on any atom is -0.492 e. The summed E-state index contributed by atoms with van der Waals surface area (Å²) in [5, 5.41) is 2.80. The smallest absolute Gasteiger partial charge is 0.251 e. The molecule has 0 fully saturated rings. The molecule has 2 rings (SSSR count). The zero-order valence-corrected chi connectivity index (χ0v) is 15.6. The van der Waals surface area contributed by atoms with E-state index in [2.05, 4.69) is 5.32 Å². The molecule has 1 N–H and O–H groups in total. The molecule has 0 heterocycles. The van der Waals surface area contributed by atoms with Crippen LogP contribution in [0.4, 0.5) is 0 Å². The average Bonchev–Trinajstić information content (AvgIpc) is 2.61. The highest BCUT2D eigenvalue weighted by molar-refractivity contribution is 5.95. The van der Waals surface area contributed by atoms with Crippen LogP contribution in [0.1, 0.15) is 27.9 Å². The molecule has 0 aromatic heterocycles. The van der Waals surface area contributed by atoms with Crippen molar-refractivity contribution in [3.63, 3.8) is 0 Å². The first-order valence-corrected chi connectivity index (χ1v) is 8.74. The molecule has 2 aromatic carbocycles. The zero-order chi connectivity index (χ0) is 18.9. The number of nitrogens with one attached hydrogen (secondary N) is 1. The molecule has 5 heteroatoms. The van der Waals surface area contributed by atoms with E-state index in [1.807, 2.05) is 56.3 Å². The Morgan fingerprint density at radius 1 is 1.08 bits per heavy atom. The quantitative estimate of drug-likeness (QED) is 0.793. The van der Waals surface area contributed by atoms with E-state index in [-0.39, 0.29) is 18.2 Å². The van der Waals surface area contributed by atoms with Gasteiger partial charge in [-0.2, -0.15) is 0 Å². The third-order valence-corrected chi connectivity index (χ3v) is 4.12. The van der Waals surface area contributed by atoms with Crippen molar-refractivity contribution in [2.45, 2.75) is 20.3 Å². The van der Waals surface area contributed by atoms with Crippen molar-refractivity contribution in [3.05, 3.63) is 65.2 Å². The van der Waals surface area contributed by atoms with Gasteiger partial charge in [-0.1, -0.05) is 30.3 Å². The lowest BCUT2D eigenvalue weighted by Gasteiger charge is -2.18. The van der Waals surface area contributed by atoms with Gasteiger partial charge < -0.3 is 15.0 Å². The van der Waals surface area contributed by atoms with E-state index in [1.54, 1.807) is 18.0 Å². The number of benzene rings is 2. The summed E-state index contributed by atoms with van der Waals surface area (Å²) in [5.74, 6) is 0.626. The first kappa shape index (κ1) is 19.5. The van der Waals surface area contributed by atoms with Crippen LogP contribution in [0.2, 0.25) is 0 Å². The lowest BCUT2D eigenvalue weighted by Crippen LogP contribution is -2.34. The Morgan fingerprint density at radius 2 is 1.85 bits per heavy atom. The van der Waals surface area contributed by atoms with E-state index in [1.165, 1.54) is 0 Å². The van der Waals surface area contributed by atoms with Crippen molar-refractivity contribution >= 4 is 11.8 Å². The monoisotopic (exact) mass is 354 g/mol. The molecule has 0 aliphatic heterocycles. The van der Waals surface area contributed by atoms with Gasteiger partial charge in [-0.05, 0) is 43.2 Å². The number of nitrogens with zero attached hydrogens (tertiary/aromatic N) is 1. The van der Waals surface area contributed by atoms with Crippen LogP contribution in [0.25, 0.3) is 0 Å². The van der Waals surface area contributed by atoms with E-state index in [4.69, 9.17) is 4.74 Å². The second kappa shape index (κ2) is 9.61. The standard InChI is InChI=1S/C21H26N2O3/c1-16-7-6-9-18(15-16)26-14-13-23(3)20(24)11-12-22-21(25)19-10-5-4-8-17(19)2/h4-10,15H,11-14H2,1-3H3,(H,22,25). The van der Waals surface area contributed by atoms with Gasteiger partial charge in [-0.25, -0.2) is 0 Å². The highest BCUT2D eigenvalue weighted by atomic mass is 16.5. The minimum absolute atomic E-state index is 0.0251. The van der Waals surface area contributed by atoms with Gasteiger partial charge in [0.05, 0.1) is 6.54 Å². The predicted molar refractivity (Wildman–Crippen MR) is 102 cm³/mol. The summed E-state index contributed by atoms with van der Waals surface area (Å²) in [6.45, 7) is 5.14. The van der Waals surface area contributed by atoms with Crippen LogP contribution in [0.15, 0.2) is 48.5 Å². The fraction of sp³-hybridized carbons (Fsp3) is 0.333. The highest BCUT2D eigenvalue weighted by Crippen LogP contribution is 2.12. The van der Waals surface area contributed by atoms with E-state index in [0.717, 1.165) is 16.9 Å².